The minimum Gasteiger partial charge on any atom is -0.309 e. The summed E-state index contributed by atoms with van der Waals surface area (Å²) in [5, 5.41) is 0. The van der Waals surface area contributed by atoms with E-state index in [1.165, 1.54) is 210 Å². The van der Waals surface area contributed by atoms with Crippen LogP contribution in [0.1, 0.15) is 310 Å². The van der Waals surface area contributed by atoms with Gasteiger partial charge in [-0.05, 0) is 51.4 Å². The summed E-state index contributed by atoms with van der Waals surface area (Å²) in [6, 6.07) is -0.210. The lowest BCUT2D eigenvalue weighted by Crippen LogP contribution is -2.62. The highest BCUT2D eigenvalue weighted by atomic mass is 16.2. The van der Waals surface area contributed by atoms with Crippen molar-refractivity contribution in [2.45, 2.75) is 322 Å². The monoisotopic (exact) mass is 831 g/mol. The minimum absolute atomic E-state index is 0.0832. The van der Waals surface area contributed by atoms with Gasteiger partial charge in [-0.15, -0.1) is 0 Å². The lowest BCUT2D eigenvalue weighted by atomic mass is 9.92. The van der Waals surface area contributed by atoms with E-state index in [0.29, 0.717) is 12.8 Å². The predicted octanol–water partition coefficient (Wildman–Crippen LogP) is 16.8. The molecule has 0 spiro atoms. The Morgan fingerprint density at radius 2 is 0.542 bits per heavy atom. The van der Waals surface area contributed by atoms with Crippen LogP contribution in [-0.2, 0) is 4.79 Å². The summed E-state index contributed by atoms with van der Waals surface area (Å²) in [5.74, 6) is -0.127. The molecule has 0 aliphatic carbocycles. The van der Waals surface area contributed by atoms with Crippen LogP contribution in [0, 0.1) is 0 Å². The zero-order chi connectivity index (χ0) is 43.1. The first-order valence-electron chi connectivity index (χ1n) is 27.0. The number of unbranched alkanes of at least 4 members (excludes halogenated alkanes) is 36. The van der Waals surface area contributed by atoms with Gasteiger partial charge in [0, 0.05) is 0 Å². The average Bonchev–Trinajstić information content (AvgIpc) is 3.55. The van der Waals surface area contributed by atoms with Crippen LogP contribution in [0.4, 0.5) is 4.79 Å². The maximum atomic E-state index is 14.6. The van der Waals surface area contributed by atoms with Gasteiger partial charge < -0.3 is 11.5 Å². The number of hydrogen-bond donors (Lipinski definition) is 2. The fraction of sp³-hybridized carbons (Fsp3) is 0.962. The van der Waals surface area contributed by atoms with Crippen LogP contribution in [0.5, 0.6) is 0 Å². The molecule has 0 aromatic rings. The first-order chi connectivity index (χ1) is 28.8. The molecule has 0 saturated carbocycles. The molecule has 1 heterocycles. The van der Waals surface area contributed by atoms with Crippen molar-refractivity contribution in [2.24, 2.45) is 11.5 Å². The Labute approximate surface area is 369 Å². The summed E-state index contributed by atoms with van der Waals surface area (Å²) in [6.07, 6.45) is 53.5. The molecule has 1 saturated heterocycles. The quantitative estimate of drug-likeness (QED) is 0.0472. The molecule has 0 unspecified atom stereocenters. The van der Waals surface area contributed by atoms with E-state index >= 15 is 0 Å². The molecule has 0 bridgehead atoms. The van der Waals surface area contributed by atoms with Gasteiger partial charge in [0.25, 0.3) is 5.91 Å². The van der Waals surface area contributed by atoms with Crippen molar-refractivity contribution in [1.82, 2.24) is 9.80 Å². The van der Waals surface area contributed by atoms with Crippen molar-refractivity contribution in [2.75, 3.05) is 6.54 Å². The highest BCUT2D eigenvalue weighted by Gasteiger charge is 2.51. The molecule has 1 fully saturated rings. The van der Waals surface area contributed by atoms with Crippen molar-refractivity contribution in [3.05, 3.63) is 0 Å². The maximum absolute atomic E-state index is 14.6. The molecular weight excluding hydrogens is 725 g/mol. The molecular formula is C53H106N4O2. The summed E-state index contributed by atoms with van der Waals surface area (Å²) in [7, 11) is 0. The van der Waals surface area contributed by atoms with Gasteiger partial charge in [0.2, 0.25) is 0 Å². The van der Waals surface area contributed by atoms with Crippen molar-refractivity contribution >= 4 is 11.9 Å². The molecule has 350 valence electrons. The lowest BCUT2D eigenvalue weighted by Gasteiger charge is -2.41. The number of rotatable bonds is 46. The summed E-state index contributed by atoms with van der Waals surface area (Å²) in [5.41, 5.74) is 13.0. The number of nitrogens with zero attached hydrogens (tertiary/aromatic N) is 2. The fourth-order valence-electron chi connectivity index (χ4n) is 9.71. The SMILES string of the molecule is CCCCCCCCCCCCC(N)(CCCCCCCCCCCC)N1CC(=O)N(C(N)(CCCCCCCCCCCC)CCCCCCCCCCCC)C1=O. The van der Waals surface area contributed by atoms with Gasteiger partial charge in [-0.3, -0.25) is 9.69 Å². The second kappa shape index (κ2) is 38.5. The van der Waals surface area contributed by atoms with Gasteiger partial charge in [0.05, 0.1) is 5.66 Å². The van der Waals surface area contributed by atoms with Crippen LogP contribution in [0.2, 0.25) is 0 Å². The Balaban J connectivity index is 2.91. The normalized spacial score (nSPS) is 13.8. The van der Waals surface area contributed by atoms with E-state index in [9.17, 15) is 9.59 Å². The Hall–Kier alpha value is -1.14. The number of amides is 3. The van der Waals surface area contributed by atoms with Gasteiger partial charge in [-0.1, -0.05) is 259 Å². The summed E-state index contributed by atoms with van der Waals surface area (Å²) < 4.78 is 0. The highest BCUT2D eigenvalue weighted by molar-refractivity contribution is 6.03. The molecule has 1 aliphatic rings. The van der Waals surface area contributed by atoms with Crippen LogP contribution < -0.4 is 11.5 Å². The summed E-state index contributed by atoms with van der Waals surface area (Å²) in [4.78, 5) is 32.0. The van der Waals surface area contributed by atoms with Crippen molar-refractivity contribution in [3.8, 4) is 0 Å². The molecule has 6 nitrogen and oxygen atoms in total. The largest absolute Gasteiger partial charge is 0.330 e. The van der Waals surface area contributed by atoms with Crippen LogP contribution in [-0.4, -0.2) is 39.6 Å². The lowest BCUT2D eigenvalue weighted by molar-refractivity contribution is -0.130. The Morgan fingerprint density at radius 1 is 0.339 bits per heavy atom. The first kappa shape index (κ1) is 55.9. The fourth-order valence-corrected chi connectivity index (χ4v) is 9.71. The molecule has 4 N–H and O–H groups in total. The minimum atomic E-state index is -0.932. The standard InChI is InChI=1S/C53H106N4O2/c1-5-9-13-17-21-25-29-33-37-41-45-52(54,46-42-38-34-30-26-22-18-14-10-6-2)56-49-50(58)57(51(56)59)53(55,47-43-39-35-31-27-23-19-15-11-7-3)48-44-40-36-32-28-24-20-16-12-8-4/h5-49,54-55H2,1-4H3. The van der Waals surface area contributed by atoms with E-state index in [0.717, 1.165) is 64.2 Å². The summed E-state index contributed by atoms with van der Waals surface area (Å²) in [6.45, 7) is 9.20. The molecule has 59 heavy (non-hydrogen) atoms. The second-order valence-corrected chi connectivity index (χ2v) is 19.5. The predicted molar refractivity (Wildman–Crippen MR) is 259 cm³/mol. The van der Waals surface area contributed by atoms with Crippen molar-refractivity contribution in [3.63, 3.8) is 0 Å². The van der Waals surface area contributed by atoms with E-state index in [-0.39, 0.29) is 18.5 Å². The topological polar surface area (TPSA) is 92.7 Å². The van der Waals surface area contributed by atoms with Crippen molar-refractivity contribution in [1.29, 1.82) is 0 Å². The van der Waals surface area contributed by atoms with Crippen molar-refractivity contribution < 1.29 is 9.59 Å². The Bertz CT molecular complexity index is 908. The van der Waals surface area contributed by atoms with E-state index < -0.39 is 11.3 Å². The third-order valence-corrected chi connectivity index (χ3v) is 13.8. The van der Waals surface area contributed by atoms with Gasteiger partial charge in [-0.25, -0.2) is 9.69 Å². The van der Waals surface area contributed by atoms with Gasteiger partial charge in [-0.2, -0.15) is 0 Å². The van der Waals surface area contributed by atoms with Crippen LogP contribution in [0.3, 0.4) is 0 Å². The number of carbonyl (C=O) groups excluding carboxylic acids is 2. The molecule has 6 heteroatoms. The second-order valence-electron chi connectivity index (χ2n) is 19.5. The zero-order valence-corrected chi connectivity index (χ0v) is 40.7. The molecule has 0 radical (unpaired) electrons. The molecule has 0 aromatic heterocycles. The highest BCUT2D eigenvalue weighted by Crippen LogP contribution is 2.35. The van der Waals surface area contributed by atoms with Gasteiger partial charge in [0.15, 0.2) is 0 Å². The zero-order valence-electron chi connectivity index (χ0n) is 40.7. The molecule has 1 aliphatic heterocycles. The van der Waals surface area contributed by atoms with Crippen LogP contribution in [0.25, 0.3) is 0 Å². The van der Waals surface area contributed by atoms with E-state index in [1.54, 1.807) is 4.90 Å². The Kier molecular flexibility index (Phi) is 36.5. The number of carbonyl (C=O) groups is 2. The smallest absolute Gasteiger partial charge is 0.309 e. The maximum Gasteiger partial charge on any atom is 0.330 e. The third-order valence-electron chi connectivity index (χ3n) is 13.8. The van der Waals surface area contributed by atoms with Crippen LogP contribution >= 0.6 is 0 Å². The number of imide groups is 1. The van der Waals surface area contributed by atoms with Gasteiger partial charge >= 0.3 is 6.03 Å². The molecule has 1 rings (SSSR count). The first-order valence-corrected chi connectivity index (χ1v) is 27.0. The summed E-state index contributed by atoms with van der Waals surface area (Å²) >= 11 is 0. The van der Waals surface area contributed by atoms with Crippen LogP contribution in [0.15, 0.2) is 0 Å². The Morgan fingerprint density at radius 3 is 0.780 bits per heavy atom. The molecule has 0 atom stereocenters. The molecule has 3 amide bonds. The van der Waals surface area contributed by atoms with Gasteiger partial charge in [0.1, 0.15) is 12.2 Å². The third kappa shape index (κ3) is 27.5. The van der Waals surface area contributed by atoms with E-state index in [2.05, 4.69) is 27.7 Å². The number of urea groups is 1. The van der Waals surface area contributed by atoms with E-state index in [1.807, 2.05) is 0 Å². The number of hydrogen-bond acceptors (Lipinski definition) is 4. The molecule has 0 aromatic carbocycles. The average molecular weight is 831 g/mol. The number of nitrogens with two attached hydrogens (primary N) is 2. The van der Waals surface area contributed by atoms with E-state index in [4.69, 9.17) is 11.5 Å².